The minimum atomic E-state index is -4.54. The second kappa shape index (κ2) is 11.2. The van der Waals surface area contributed by atoms with Gasteiger partial charge in [-0.15, -0.1) is 0 Å². The van der Waals surface area contributed by atoms with Crippen LogP contribution in [-0.2, 0) is 26.7 Å². The predicted molar refractivity (Wildman–Crippen MR) is 126 cm³/mol. The summed E-state index contributed by atoms with van der Waals surface area (Å²) in [5.41, 5.74) is -1.30. The molecule has 3 amide bonds. The van der Waals surface area contributed by atoms with Gasteiger partial charge in [-0.2, -0.15) is 0 Å². The van der Waals surface area contributed by atoms with Gasteiger partial charge in [-0.25, -0.2) is 30.7 Å². The number of likely N-dealkylation sites (N-methyl/N-ethyl adjacent to an activating group) is 1. The molecule has 3 rings (SSSR count). The number of nitrogens with one attached hydrogen (secondary N) is 3. The standard InChI is InChI=1S/C21H22BrF4N5O5S/c1-3-27-20(33)21(34)31-6-4-10(5-7-31)29-37(35,36)17-15(26)16(30(2)18(17)22)19(32)28-11-8-12(23)14(25)13(24)9-11/h8-10,29H,3-7H2,1-2H3,(H,27,33)(H,28,32). The van der Waals surface area contributed by atoms with E-state index in [1.165, 1.54) is 11.9 Å². The summed E-state index contributed by atoms with van der Waals surface area (Å²) >= 11 is 2.96. The van der Waals surface area contributed by atoms with Gasteiger partial charge in [-0.1, -0.05) is 0 Å². The lowest BCUT2D eigenvalue weighted by molar-refractivity contribution is -0.146. The van der Waals surface area contributed by atoms with Gasteiger partial charge in [0.1, 0.15) is 10.3 Å². The lowest BCUT2D eigenvalue weighted by Crippen LogP contribution is -2.50. The van der Waals surface area contributed by atoms with Crippen molar-refractivity contribution in [3.63, 3.8) is 0 Å². The molecule has 0 unspecified atom stereocenters. The maximum atomic E-state index is 15.3. The van der Waals surface area contributed by atoms with E-state index in [1.807, 2.05) is 5.32 Å². The first kappa shape index (κ1) is 28.6. The molecule has 10 nitrogen and oxygen atoms in total. The maximum Gasteiger partial charge on any atom is 0.311 e. The molecule has 1 aliphatic heterocycles. The first-order chi connectivity index (χ1) is 17.3. The number of aromatic nitrogens is 1. The molecule has 0 aliphatic carbocycles. The van der Waals surface area contributed by atoms with Gasteiger partial charge >= 0.3 is 11.8 Å². The maximum absolute atomic E-state index is 15.3. The highest BCUT2D eigenvalue weighted by molar-refractivity contribution is 9.10. The van der Waals surface area contributed by atoms with Crippen molar-refractivity contribution in [2.75, 3.05) is 25.0 Å². The third kappa shape index (κ3) is 5.96. The summed E-state index contributed by atoms with van der Waals surface area (Å²) < 4.78 is 84.3. The second-order valence-corrected chi connectivity index (χ2v) is 10.5. The minimum absolute atomic E-state index is 0.0834. The number of anilines is 1. The van der Waals surface area contributed by atoms with Crippen LogP contribution >= 0.6 is 15.9 Å². The highest BCUT2D eigenvalue weighted by Gasteiger charge is 2.35. The molecule has 0 atom stereocenters. The van der Waals surface area contributed by atoms with Crippen LogP contribution in [0.15, 0.2) is 21.6 Å². The second-order valence-electron chi connectivity index (χ2n) is 8.10. The Morgan fingerprint density at radius 3 is 2.16 bits per heavy atom. The summed E-state index contributed by atoms with van der Waals surface area (Å²) in [6.45, 7) is 2.10. The van der Waals surface area contributed by atoms with Crippen molar-refractivity contribution in [3.05, 3.63) is 45.7 Å². The number of carbonyl (C=O) groups is 3. The number of piperidine rings is 1. The summed E-state index contributed by atoms with van der Waals surface area (Å²) in [4.78, 5) is 36.8. The highest BCUT2D eigenvalue weighted by Crippen LogP contribution is 2.31. The van der Waals surface area contributed by atoms with E-state index in [0.29, 0.717) is 12.1 Å². The van der Waals surface area contributed by atoms with Crippen LogP contribution in [0.3, 0.4) is 0 Å². The molecule has 3 N–H and O–H groups in total. The zero-order valence-corrected chi connectivity index (χ0v) is 21.9. The van der Waals surface area contributed by atoms with Gasteiger partial charge in [-0.05, 0) is 35.7 Å². The molecule has 0 saturated carbocycles. The molecule has 2 aromatic rings. The molecule has 1 aliphatic rings. The highest BCUT2D eigenvalue weighted by atomic mass is 79.9. The summed E-state index contributed by atoms with van der Waals surface area (Å²) in [5, 5.41) is 4.39. The number of hydrogen-bond acceptors (Lipinski definition) is 5. The van der Waals surface area contributed by atoms with Gasteiger partial charge in [0.15, 0.2) is 28.2 Å². The zero-order valence-electron chi connectivity index (χ0n) is 19.5. The predicted octanol–water partition coefficient (Wildman–Crippen LogP) is 2.00. The van der Waals surface area contributed by atoms with Gasteiger partial charge in [0, 0.05) is 50.5 Å². The number of carbonyl (C=O) groups excluding carboxylic acids is 3. The molecule has 16 heteroatoms. The normalized spacial score (nSPS) is 14.5. The Bertz CT molecular complexity index is 1340. The minimum Gasteiger partial charge on any atom is -0.348 e. The van der Waals surface area contributed by atoms with Crippen LogP contribution in [0.4, 0.5) is 23.2 Å². The fraction of sp³-hybridized carbons (Fsp3) is 0.381. The smallest absolute Gasteiger partial charge is 0.311 e. The number of nitrogens with zero attached hydrogens (tertiary/aromatic N) is 2. The third-order valence-corrected chi connectivity index (χ3v) is 8.33. The molecule has 1 aromatic heterocycles. The first-order valence-corrected chi connectivity index (χ1v) is 13.1. The Morgan fingerprint density at radius 2 is 1.62 bits per heavy atom. The number of halogens is 5. The van der Waals surface area contributed by atoms with E-state index in [2.05, 4.69) is 26.0 Å². The van der Waals surface area contributed by atoms with Crippen LogP contribution in [0.25, 0.3) is 0 Å². The number of sulfonamides is 1. The van der Waals surface area contributed by atoms with Crippen molar-refractivity contribution in [1.82, 2.24) is 19.5 Å². The van der Waals surface area contributed by atoms with E-state index in [9.17, 15) is 36.0 Å². The molecule has 1 aromatic carbocycles. The van der Waals surface area contributed by atoms with Crippen molar-refractivity contribution in [2.24, 2.45) is 7.05 Å². The number of likely N-dealkylation sites (tertiary alicyclic amines) is 1. The Labute approximate surface area is 217 Å². The van der Waals surface area contributed by atoms with Crippen LogP contribution in [0.5, 0.6) is 0 Å². The lowest BCUT2D eigenvalue weighted by atomic mass is 10.1. The molecule has 202 valence electrons. The molecule has 0 radical (unpaired) electrons. The monoisotopic (exact) mass is 611 g/mol. The molecule has 37 heavy (non-hydrogen) atoms. The SMILES string of the molecule is CCNC(=O)C(=O)N1CCC(NS(=O)(=O)c2c(F)c(C(=O)Nc3cc(F)c(F)c(F)c3)n(C)c2Br)CC1. The van der Waals surface area contributed by atoms with Gasteiger partial charge in [0.05, 0.1) is 0 Å². The van der Waals surface area contributed by atoms with Gasteiger partial charge in [-0.3, -0.25) is 14.4 Å². The number of amides is 3. The van der Waals surface area contributed by atoms with E-state index in [4.69, 9.17) is 0 Å². The molecule has 0 bridgehead atoms. The number of benzene rings is 1. The fourth-order valence-electron chi connectivity index (χ4n) is 3.75. The van der Waals surface area contributed by atoms with E-state index in [-0.39, 0.29) is 37.1 Å². The summed E-state index contributed by atoms with van der Waals surface area (Å²) in [5.74, 6) is -9.13. The van der Waals surface area contributed by atoms with Crippen LogP contribution in [0.1, 0.15) is 30.3 Å². The van der Waals surface area contributed by atoms with Crippen LogP contribution in [0.2, 0.25) is 0 Å². The van der Waals surface area contributed by atoms with Crippen LogP contribution in [0, 0.1) is 23.3 Å². The largest absolute Gasteiger partial charge is 0.348 e. The van der Waals surface area contributed by atoms with E-state index >= 15 is 4.39 Å². The van der Waals surface area contributed by atoms with E-state index in [1.54, 1.807) is 6.92 Å². The average Bonchev–Trinajstić information content (AvgIpc) is 3.05. The number of hydrogen-bond donors (Lipinski definition) is 3. The van der Waals surface area contributed by atoms with E-state index in [0.717, 1.165) is 4.57 Å². The Morgan fingerprint density at radius 1 is 1.05 bits per heavy atom. The quantitative estimate of drug-likeness (QED) is 0.261. The fourth-order valence-corrected chi connectivity index (χ4v) is 6.23. The number of rotatable bonds is 6. The molecule has 1 fully saturated rings. The summed E-state index contributed by atoms with van der Waals surface area (Å²) in [7, 11) is -3.36. The van der Waals surface area contributed by atoms with Crippen molar-refractivity contribution >= 4 is 49.4 Å². The molecule has 1 saturated heterocycles. The van der Waals surface area contributed by atoms with E-state index < -0.39 is 73.3 Å². The lowest BCUT2D eigenvalue weighted by Gasteiger charge is -2.31. The molecule has 0 spiro atoms. The topological polar surface area (TPSA) is 130 Å². The van der Waals surface area contributed by atoms with Crippen molar-refractivity contribution < 1.29 is 40.4 Å². The average molecular weight is 612 g/mol. The van der Waals surface area contributed by atoms with Crippen molar-refractivity contribution in [1.29, 1.82) is 0 Å². The van der Waals surface area contributed by atoms with Crippen molar-refractivity contribution in [3.8, 4) is 0 Å². The van der Waals surface area contributed by atoms with Gasteiger partial charge in [0.25, 0.3) is 5.91 Å². The zero-order chi connectivity index (χ0) is 27.7. The van der Waals surface area contributed by atoms with Crippen LogP contribution in [-0.4, -0.2) is 61.3 Å². The van der Waals surface area contributed by atoms with Crippen LogP contribution < -0.4 is 15.4 Å². The molecular weight excluding hydrogens is 590 g/mol. The van der Waals surface area contributed by atoms with Gasteiger partial charge < -0.3 is 20.1 Å². The van der Waals surface area contributed by atoms with Gasteiger partial charge in [0.2, 0.25) is 10.0 Å². The Hall–Kier alpha value is -2.98. The molecular formula is C21H22BrF4N5O5S. The Kier molecular flexibility index (Phi) is 8.64. The third-order valence-electron chi connectivity index (χ3n) is 5.59. The summed E-state index contributed by atoms with van der Waals surface area (Å²) in [6.07, 6.45) is 0.289. The van der Waals surface area contributed by atoms with Crippen molar-refractivity contribution in [2.45, 2.75) is 30.7 Å². The molecule has 2 heterocycles. The summed E-state index contributed by atoms with van der Waals surface area (Å²) in [6, 6.07) is 0.264. The first-order valence-electron chi connectivity index (χ1n) is 10.9. The Balaban J connectivity index is 1.77.